The highest BCUT2D eigenvalue weighted by Crippen LogP contribution is 2.36. The lowest BCUT2D eigenvalue weighted by atomic mass is 10.1. The van der Waals surface area contributed by atoms with Crippen molar-refractivity contribution in [3.05, 3.63) is 56.5 Å². The number of amides is 1. The van der Waals surface area contributed by atoms with E-state index >= 15 is 0 Å². The molecule has 26 heavy (non-hydrogen) atoms. The summed E-state index contributed by atoms with van der Waals surface area (Å²) in [5.41, 5.74) is 2.02. The molecule has 1 aliphatic rings. The number of anilines is 1. The molecule has 8 heteroatoms. The summed E-state index contributed by atoms with van der Waals surface area (Å²) < 4.78 is 5.08. The molecule has 0 saturated heterocycles. The Bertz CT molecular complexity index is 970. The molecule has 1 aliphatic heterocycles. The molecule has 3 rings (SSSR count). The number of benzene rings is 2. The van der Waals surface area contributed by atoms with Crippen molar-refractivity contribution in [1.82, 2.24) is 0 Å². The van der Waals surface area contributed by atoms with Gasteiger partial charge in [0.2, 0.25) is 0 Å². The Morgan fingerprint density at radius 1 is 1.12 bits per heavy atom. The fourth-order valence-electron chi connectivity index (χ4n) is 2.48. The molecule has 0 radical (unpaired) electrons. The van der Waals surface area contributed by atoms with E-state index in [1.165, 1.54) is 18.2 Å². The first kappa shape index (κ1) is 18.6. The first-order valence-electron chi connectivity index (χ1n) is 7.45. The van der Waals surface area contributed by atoms with Crippen molar-refractivity contribution in [2.75, 3.05) is 12.1 Å². The van der Waals surface area contributed by atoms with Gasteiger partial charge >= 0.3 is 0 Å². The fraction of sp³-hybridized carbons (Fsp3) is 0.111. The first-order chi connectivity index (χ1) is 12.3. The van der Waals surface area contributed by atoms with Crippen LogP contribution in [0.5, 0.6) is 11.5 Å². The minimum Gasteiger partial charge on any atom is -0.503 e. The lowest BCUT2D eigenvalue weighted by Gasteiger charge is -2.12. The summed E-state index contributed by atoms with van der Waals surface area (Å²) in [4.78, 5) is 12.8. The molecule has 0 saturated carbocycles. The monoisotopic (exact) mass is 410 g/mol. The number of aromatic hydroxyl groups is 1. The van der Waals surface area contributed by atoms with E-state index in [0.29, 0.717) is 32.6 Å². The van der Waals surface area contributed by atoms with Crippen LogP contribution in [0.2, 0.25) is 15.1 Å². The molecule has 1 heterocycles. The van der Waals surface area contributed by atoms with Gasteiger partial charge in [0.25, 0.3) is 5.91 Å². The SMILES string of the molecule is COc1cc(/C=C2/C(=O)N(c3ccc(Cl)c(Cl)c3)N=C2C)cc(Cl)c1O. The third-order valence-corrected chi connectivity index (χ3v) is 4.82. The van der Waals surface area contributed by atoms with E-state index in [-0.39, 0.29) is 22.4 Å². The molecule has 0 unspecified atom stereocenters. The summed E-state index contributed by atoms with van der Waals surface area (Å²) in [5, 5.41) is 16.2. The van der Waals surface area contributed by atoms with Crippen molar-refractivity contribution < 1.29 is 14.6 Å². The minimum atomic E-state index is -0.316. The van der Waals surface area contributed by atoms with E-state index in [4.69, 9.17) is 39.5 Å². The van der Waals surface area contributed by atoms with Crippen LogP contribution in [-0.4, -0.2) is 23.8 Å². The zero-order valence-corrected chi connectivity index (χ0v) is 16.0. The molecule has 134 valence electrons. The van der Waals surface area contributed by atoms with Crippen LogP contribution in [-0.2, 0) is 4.79 Å². The molecule has 0 fully saturated rings. The predicted molar refractivity (Wildman–Crippen MR) is 105 cm³/mol. The second-order valence-corrected chi connectivity index (χ2v) is 6.73. The van der Waals surface area contributed by atoms with Crippen LogP contribution in [0.3, 0.4) is 0 Å². The largest absolute Gasteiger partial charge is 0.503 e. The third-order valence-electron chi connectivity index (χ3n) is 3.79. The molecule has 0 atom stereocenters. The number of phenolic OH excluding ortho intramolecular Hbond substituents is 1. The second kappa shape index (κ2) is 7.19. The summed E-state index contributed by atoms with van der Waals surface area (Å²) in [6.45, 7) is 1.72. The minimum absolute atomic E-state index is 0.123. The Hall–Kier alpha value is -2.21. The average Bonchev–Trinajstić information content (AvgIpc) is 2.88. The van der Waals surface area contributed by atoms with Crippen molar-refractivity contribution in [3.63, 3.8) is 0 Å². The van der Waals surface area contributed by atoms with Crippen molar-refractivity contribution >= 4 is 58.2 Å². The van der Waals surface area contributed by atoms with Gasteiger partial charge in [-0.25, -0.2) is 0 Å². The Balaban J connectivity index is 1.99. The van der Waals surface area contributed by atoms with Crippen LogP contribution in [0, 0.1) is 0 Å². The lowest BCUT2D eigenvalue weighted by Crippen LogP contribution is -2.21. The lowest BCUT2D eigenvalue weighted by molar-refractivity contribution is -0.114. The maximum atomic E-state index is 12.8. The highest BCUT2D eigenvalue weighted by atomic mass is 35.5. The Morgan fingerprint density at radius 3 is 2.50 bits per heavy atom. The van der Waals surface area contributed by atoms with Gasteiger partial charge in [0.1, 0.15) is 0 Å². The van der Waals surface area contributed by atoms with Gasteiger partial charge in [-0.2, -0.15) is 10.1 Å². The summed E-state index contributed by atoms with van der Waals surface area (Å²) >= 11 is 17.9. The van der Waals surface area contributed by atoms with Gasteiger partial charge in [-0.05, 0) is 48.9 Å². The molecule has 0 aromatic heterocycles. The fourth-order valence-corrected chi connectivity index (χ4v) is 2.99. The normalized spacial score (nSPS) is 15.6. The Labute approximate surface area is 165 Å². The first-order valence-corrected chi connectivity index (χ1v) is 8.58. The molecule has 1 N–H and O–H groups in total. The average molecular weight is 412 g/mol. The molecule has 2 aromatic rings. The number of phenols is 1. The van der Waals surface area contributed by atoms with Gasteiger partial charge in [0, 0.05) is 0 Å². The zero-order chi connectivity index (χ0) is 19.0. The number of hydrogen-bond acceptors (Lipinski definition) is 4. The van der Waals surface area contributed by atoms with Gasteiger partial charge in [-0.3, -0.25) is 4.79 Å². The maximum absolute atomic E-state index is 12.8. The number of carbonyl (C=O) groups is 1. The smallest absolute Gasteiger partial charge is 0.280 e. The van der Waals surface area contributed by atoms with Crippen molar-refractivity contribution in [2.24, 2.45) is 5.10 Å². The number of hydrogen-bond donors (Lipinski definition) is 1. The maximum Gasteiger partial charge on any atom is 0.280 e. The number of ether oxygens (including phenoxy) is 1. The second-order valence-electron chi connectivity index (χ2n) is 5.51. The van der Waals surface area contributed by atoms with Crippen LogP contribution in [0.4, 0.5) is 5.69 Å². The molecular formula is C18H13Cl3N2O3. The van der Waals surface area contributed by atoms with Crippen molar-refractivity contribution in [1.29, 1.82) is 0 Å². The van der Waals surface area contributed by atoms with Gasteiger partial charge in [-0.15, -0.1) is 0 Å². The standard InChI is InChI=1S/C18H13Cl3N2O3/c1-9-12(5-10-6-15(21)17(24)16(7-10)26-2)18(25)23(22-9)11-3-4-13(19)14(20)8-11/h3-8,24H,1-2H3/b12-5+. The van der Waals surface area contributed by atoms with Gasteiger partial charge in [0.05, 0.1) is 39.1 Å². The Kier molecular flexibility index (Phi) is 5.14. The number of halogens is 3. The van der Waals surface area contributed by atoms with E-state index < -0.39 is 0 Å². The summed E-state index contributed by atoms with van der Waals surface area (Å²) in [6, 6.07) is 7.95. The molecule has 5 nitrogen and oxygen atoms in total. The van der Waals surface area contributed by atoms with Crippen LogP contribution in [0.1, 0.15) is 12.5 Å². The quantitative estimate of drug-likeness (QED) is 0.709. The Morgan fingerprint density at radius 2 is 1.85 bits per heavy atom. The topological polar surface area (TPSA) is 62.1 Å². The van der Waals surface area contributed by atoms with E-state index in [2.05, 4.69) is 5.10 Å². The van der Waals surface area contributed by atoms with Crippen LogP contribution in [0.15, 0.2) is 41.0 Å². The van der Waals surface area contributed by atoms with Crippen molar-refractivity contribution in [2.45, 2.75) is 6.92 Å². The number of hydrazone groups is 1. The summed E-state index contributed by atoms with van der Waals surface area (Å²) in [6.07, 6.45) is 1.63. The van der Waals surface area contributed by atoms with Crippen LogP contribution in [0.25, 0.3) is 6.08 Å². The molecule has 1 amide bonds. The van der Waals surface area contributed by atoms with Crippen LogP contribution < -0.4 is 9.75 Å². The van der Waals surface area contributed by atoms with E-state index in [9.17, 15) is 9.90 Å². The van der Waals surface area contributed by atoms with Crippen molar-refractivity contribution in [3.8, 4) is 11.5 Å². The molecule has 0 bridgehead atoms. The number of rotatable bonds is 3. The number of methoxy groups -OCH3 is 1. The zero-order valence-electron chi connectivity index (χ0n) is 13.8. The summed E-state index contributed by atoms with van der Waals surface area (Å²) in [7, 11) is 1.42. The van der Waals surface area contributed by atoms with E-state index in [1.807, 2.05) is 0 Å². The molecular weight excluding hydrogens is 399 g/mol. The number of nitrogens with zero attached hydrogens (tertiary/aromatic N) is 2. The van der Waals surface area contributed by atoms with E-state index in [0.717, 1.165) is 0 Å². The third kappa shape index (κ3) is 3.38. The number of carbonyl (C=O) groups excluding carboxylic acids is 1. The van der Waals surface area contributed by atoms with Gasteiger partial charge < -0.3 is 9.84 Å². The van der Waals surface area contributed by atoms with Gasteiger partial charge in [-0.1, -0.05) is 34.8 Å². The molecule has 0 spiro atoms. The molecule has 0 aliphatic carbocycles. The highest BCUT2D eigenvalue weighted by molar-refractivity contribution is 6.42. The van der Waals surface area contributed by atoms with Crippen LogP contribution >= 0.6 is 34.8 Å². The van der Waals surface area contributed by atoms with Gasteiger partial charge in [0.15, 0.2) is 11.5 Å². The molecule has 2 aromatic carbocycles. The highest BCUT2D eigenvalue weighted by Gasteiger charge is 2.29. The predicted octanol–water partition coefficient (Wildman–Crippen LogP) is 5.17. The van der Waals surface area contributed by atoms with E-state index in [1.54, 1.807) is 37.3 Å². The summed E-state index contributed by atoms with van der Waals surface area (Å²) in [5.74, 6) is -0.258.